The molecule has 0 bridgehead atoms. The molecule has 0 atom stereocenters. The van der Waals surface area contributed by atoms with Crippen LogP contribution in [-0.4, -0.2) is 41.0 Å². The Labute approximate surface area is 186 Å². The predicted molar refractivity (Wildman–Crippen MR) is 123 cm³/mol. The molecule has 0 N–H and O–H groups in total. The van der Waals surface area contributed by atoms with Gasteiger partial charge in [0.2, 0.25) is 0 Å². The molecule has 1 aliphatic heterocycles. The fraction of sp³-hybridized carbons (Fsp3) is 0.222. The molecule has 1 fully saturated rings. The van der Waals surface area contributed by atoms with Crippen molar-refractivity contribution in [1.82, 2.24) is 14.8 Å². The Morgan fingerprint density at radius 2 is 1.34 bits per heavy atom. The van der Waals surface area contributed by atoms with Crippen LogP contribution in [0.4, 0.5) is 8.78 Å². The zero-order chi connectivity index (χ0) is 21.9. The smallest absolute Gasteiger partial charge is 0.123 e. The van der Waals surface area contributed by atoms with E-state index in [-0.39, 0.29) is 17.7 Å². The number of benzene rings is 3. The first-order chi connectivity index (χ1) is 15.7. The van der Waals surface area contributed by atoms with Crippen molar-refractivity contribution in [3.8, 4) is 0 Å². The van der Waals surface area contributed by atoms with Crippen molar-refractivity contribution in [1.29, 1.82) is 0 Å². The highest BCUT2D eigenvalue weighted by molar-refractivity contribution is 5.78. The van der Waals surface area contributed by atoms with Crippen LogP contribution in [0.15, 0.2) is 85.1 Å². The number of hydrogen-bond acceptors (Lipinski definition) is 3. The molecule has 32 heavy (non-hydrogen) atoms. The van der Waals surface area contributed by atoms with Gasteiger partial charge in [0.25, 0.3) is 0 Å². The molecule has 0 spiro atoms. The van der Waals surface area contributed by atoms with E-state index in [1.54, 1.807) is 0 Å². The normalized spacial score (nSPS) is 15.5. The van der Waals surface area contributed by atoms with Gasteiger partial charge in [0.05, 0.1) is 11.6 Å². The second-order valence-electron chi connectivity index (χ2n) is 8.35. The predicted octanol–water partition coefficient (Wildman–Crippen LogP) is 5.42. The second kappa shape index (κ2) is 9.15. The number of nitrogens with zero attached hydrogens (tertiary/aromatic N) is 3. The van der Waals surface area contributed by atoms with Crippen LogP contribution in [0.3, 0.4) is 0 Å². The van der Waals surface area contributed by atoms with E-state index >= 15 is 0 Å². The maximum Gasteiger partial charge on any atom is 0.123 e. The number of hydrogen-bond donors (Lipinski definition) is 0. The van der Waals surface area contributed by atoms with Crippen LogP contribution in [0.25, 0.3) is 10.9 Å². The lowest BCUT2D eigenvalue weighted by Crippen LogP contribution is -2.47. The average Bonchev–Trinajstić information content (AvgIpc) is 2.83. The molecule has 1 aliphatic rings. The Bertz CT molecular complexity index is 1140. The summed E-state index contributed by atoms with van der Waals surface area (Å²) < 4.78 is 27.1. The largest absolute Gasteiger partial charge is 0.296 e. The molecule has 0 amide bonds. The van der Waals surface area contributed by atoms with Crippen molar-refractivity contribution in [2.75, 3.05) is 26.2 Å². The van der Waals surface area contributed by atoms with E-state index < -0.39 is 0 Å². The van der Waals surface area contributed by atoms with Gasteiger partial charge in [-0.05, 0) is 53.1 Å². The third-order valence-corrected chi connectivity index (χ3v) is 6.20. The minimum Gasteiger partial charge on any atom is -0.296 e. The van der Waals surface area contributed by atoms with Gasteiger partial charge in [0.1, 0.15) is 11.6 Å². The molecule has 1 aromatic heterocycles. The molecule has 4 aromatic rings. The molecular weight excluding hydrogens is 404 g/mol. The van der Waals surface area contributed by atoms with Gasteiger partial charge >= 0.3 is 0 Å². The van der Waals surface area contributed by atoms with Gasteiger partial charge in [-0.3, -0.25) is 14.8 Å². The van der Waals surface area contributed by atoms with Gasteiger partial charge in [-0.1, -0.05) is 42.5 Å². The third kappa shape index (κ3) is 4.54. The minimum absolute atomic E-state index is 0.0271. The molecule has 3 aromatic carbocycles. The minimum atomic E-state index is -0.250. The van der Waals surface area contributed by atoms with Gasteiger partial charge in [-0.25, -0.2) is 8.78 Å². The monoisotopic (exact) mass is 429 g/mol. The van der Waals surface area contributed by atoms with Crippen molar-refractivity contribution in [3.05, 3.63) is 113 Å². The molecule has 1 saturated heterocycles. The van der Waals surface area contributed by atoms with Crippen molar-refractivity contribution in [2.45, 2.75) is 12.6 Å². The van der Waals surface area contributed by atoms with Gasteiger partial charge in [0.15, 0.2) is 0 Å². The summed E-state index contributed by atoms with van der Waals surface area (Å²) in [4.78, 5) is 9.42. The summed E-state index contributed by atoms with van der Waals surface area (Å²) >= 11 is 0. The molecule has 162 valence electrons. The van der Waals surface area contributed by atoms with E-state index in [1.807, 2.05) is 48.7 Å². The van der Waals surface area contributed by atoms with Crippen molar-refractivity contribution in [3.63, 3.8) is 0 Å². The Hall–Kier alpha value is -3.15. The van der Waals surface area contributed by atoms with E-state index in [1.165, 1.54) is 29.8 Å². The summed E-state index contributed by atoms with van der Waals surface area (Å²) in [6, 6.07) is 23.7. The molecule has 0 unspecified atom stereocenters. The van der Waals surface area contributed by atoms with Gasteiger partial charge in [-0.2, -0.15) is 0 Å². The molecular formula is C27H25F2N3. The zero-order valence-corrected chi connectivity index (χ0v) is 17.8. The maximum atomic E-state index is 13.5. The highest BCUT2D eigenvalue weighted by atomic mass is 19.1. The number of aromatic nitrogens is 1. The topological polar surface area (TPSA) is 19.4 Å². The zero-order valence-electron chi connectivity index (χ0n) is 17.8. The molecule has 5 heteroatoms. The summed E-state index contributed by atoms with van der Waals surface area (Å²) in [5, 5.41) is 1.16. The van der Waals surface area contributed by atoms with Crippen LogP contribution < -0.4 is 0 Å². The number of halogens is 2. The third-order valence-electron chi connectivity index (χ3n) is 6.20. The van der Waals surface area contributed by atoms with E-state index in [2.05, 4.69) is 26.9 Å². The summed E-state index contributed by atoms with van der Waals surface area (Å²) in [5.41, 5.74) is 4.27. The van der Waals surface area contributed by atoms with Crippen LogP contribution >= 0.6 is 0 Å². The summed E-state index contributed by atoms with van der Waals surface area (Å²) in [6.45, 7) is 4.46. The average molecular weight is 430 g/mol. The first-order valence-corrected chi connectivity index (χ1v) is 11.0. The Morgan fingerprint density at radius 1 is 0.750 bits per heavy atom. The van der Waals surface area contributed by atoms with Crippen LogP contribution in [0, 0.1) is 11.6 Å². The molecule has 3 nitrogen and oxygen atoms in total. The van der Waals surface area contributed by atoms with Crippen LogP contribution in [-0.2, 0) is 6.54 Å². The van der Waals surface area contributed by atoms with E-state index in [9.17, 15) is 8.78 Å². The van der Waals surface area contributed by atoms with Gasteiger partial charge in [-0.15, -0.1) is 0 Å². The van der Waals surface area contributed by atoms with Crippen molar-refractivity contribution in [2.24, 2.45) is 0 Å². The molecule has 0 radical (unpaired) electrons. The van der Waals surface area contributed by atoms with Crippen molar-refractivity contribution >= 4 is 10.9 Å². The van der Waals surface area contributed by atoms with Gasteiger partial charge in [0, 0.05) is 44.3 Å². The first-order valence-electron chi connectivity index (χ1n) is 11.0. The Balaban J connectivity index is 1.31. The summed E-state index contributed by atoms with van der Waals surface area (Å²) in [6.07, 6.45) is 1.97. The Kier molecular flexibility index (Phi) is 5.93. The lowest BCUT2D eigenvalue weighted by molar-refractivity contribution is 0.105. The summed E-state index contributed by atoms with van der Waals surface area (Å²) in [7, 11) is 0. The quantitative estimate of drug-likeness (QED) is 0.422. The number of piperazine rings is 1. The molecule has 0 saturated carbocycles. The van der Waals surface area contributed by atoms with E-state index in [4.69, 9.17) is 0 Å². The highest BCUT2D eigenvalue weighted by Gasteiger charge is 2.26. The Morgan fingerprint density at radius 3 is 1.97 bits per heavy atom. The fourth-order valence-electron chi connectivity index (χ4n) is 4.55. The van der Waals surface area contributed by atoms with E-state index in [0.717, 1.165) is 54.8 Å². The number of para-hydroxylation sites is 1. The number of rotatable bonds is 5. The molecule has 5 rings (SSSR count). The standard InChI is InChI=1S/C27H25F2N3/c28-24-9-5-21(6-10-24)27(22-7-11-25(29)12-8-22)32-15-13-31(14-16-32)19-20-17-23-3-1-2-4-26(23)30-18-20/h1-12,17-18,27H,13-16,19H2. The molecule has 0 aliphatic carbocycles. The van der Waals surface area contributed by atoms with Crippen LogP contribution in [0.1, 0.15) is 22.7 Å². The van der Waals surface area contributed by atoms with Crippen molar-refractivity contribution < 1.29 is 8.78 Å². The SMILES string of the molecule is Fc1ccc(C(c2ccc(F)cc2)N2CCN(Cc3cnc4ccccc4c3)CC2)cc1. The maximum absolute atomic E-state index is 13.5. The van der Waals surface area contributed by atoms with Crippen LogP contribution in [0.5, 0.6) is 0 Å². The second-order valence-corrected chi connectivity index (χ2v) is 8.35. The van der Waals surface area contributed by atoms with E-state index in [0.29, 0.717) is 0 Å². The van der Waals surface area contributed by atoms with Crippen LogP contribution in [0.2, 0.25) is 0 Å². The number of pyridine rings is 1. The highest BCUT2D eigenvalue weighted by Crippen LogP contribution is 2.30. The molecule has 2 heterocycles. The lowest BCUT2D eigenvalue weighted by atomic mass is 9.96. The fourth-order valence-corrected chi connectivity index (χ4v) is 4.55. The first kappa shape index (κ1) is 20.7. The number of fused-ring (bicyclic) bond motifs is 1. The summed E-state index contributed by atoms with van der Waals surface area (Å²) in [5.74, 6) is -0.499. The lowest BCUT2D eigenvalue weighted by Gasteiger charge is -2.39. The van der Waals surface area contributed by atoms with Gasteiger partial charge < -0.3 is 0 Å².